The molecule has 0 fully saturated rings. The number of ether oxygens (including phenoxy) is 2. The van der Waals surface area contributed by atoms with E-state index in [4.69, 9.17) is 0 Å². The first kappa shape index (κ1) is 23.1. The first-order valence-electron chi connectivity index (χ1n) is 8.87. The fourth-order valence-corrected chi connectivity index (χ4v) is 2.72. The molecule has 1 N–H and O–H groups in total. The summed E-state index contributed by atoms with van der Waals surface area (Å²) in [6, 6.07) is 2.72. The fourth-order valence-electron chi connectivity index (χ4n) is 2.72. The van der Waals surface area contributed by atoms with Crippen LogP contribution in [0.5, 0.6) is 11.6 Å². The van der Waals surface area contributed by atoms with Crippen LogP contribution in [0.3, 0.4) is 0 Å². The minimum absolute atomic E-state index is 0.0500. The number of nitrogens with zero attached hydrogens (tertiary/aromatic N) is 4. The third kappa shape index (κ3) is 5.76. The van der Waals surface area contributed by atoms with Gasteiger partial charge in [0.25, 0.3) is 5.91 Å². The lowest BCUT2D eigenvalue weighted by Crippen LogP contribution is -2.28. The number of aromatic nitrogens is 4. The molecule has 1 amide bonds. The van der Waals surface area contributed by atoms with Gasteiger partial charge in [-0.25, -0.2) is 4.98 Å². The van der Waals surface area contributed by atoms with Crippen LogP contribution in [0.2, 0.25) is 0 Å². The molecule has 1 atom stereocenters. The van der Waals surface area contributed by atoms with Crippen molar-refractivity contribution in [3.8, 4) is 11.6 Å². The molecule has 0 spiro atoms. The Kier molecular flexibility index (Phi) is 6.14. The SMILES string of the molecule is C[C@@H](NC(=O)c1nn(C)c2cc(OC(F)(F)F)ccc12)c1cnc(OCC(F)(F)F)cn1. The van der Waals surface area contributed by atoms with Crippen LogP contribution in [-0.4, -0.2) is 44.8 Å². The van der Waals surface area contributed by atoms with Crippen LogP contribution in [0.15, 0.2) is 30.6 Å². The molecule has 32 heavy (non-hydrogen) atoms. The summed E-state index contributed by atoms with van der Waals surface area (Å²) in [4.78, 5) is 20.3. The first-order valence-corrected chi connectivity index (χ1v) is 8.87. The standard InChI is InChI=1S/C18H15F6N5O3/c1-9(12-6-26-14(7-25-12)31-8-17(19,20)21)27-16(30)15-11-4-3-10(32-18(22,23)24)5-13(11)29(2)28-15/h3-7,9H,8H2,1-2H3,(H,27,30)/t9-/m1/s1. The molecule has 14 heteroatoms. The van der Waals surface area contributed by atoms with Crippen molar-refractivity contribution in [3.63, 3.8) is 0 Å². The van der Waals surface area contributed by atoms with Crippen molar-refractivity contribution in [1.29, 1.82) is 0 Å². The summed E-state index contributed by atoms with van der Waals surface area (Å²) in [6.45, 7) is 0.0361. The minimum atomic E-state index is -4.86. The molecule has 172 valence electrons. The van der Waals surface area contributed by atoms with E-state index >= 15 is 0 Å². The number of nitrogens with one attached hydrogen (secondary N) is 1. The van der Waals surface area contributed by atoms with Gasteiger partial charge in [0.1, 0.15) is 5.75 Å². The Morgan fingerprint density at radius 1 is 1.16 bits per heavy atom. The van der Waals surface area contributed by atoms with E-state index in [1.807, 2.05) is 0 Å². The Bertz CT molecular complexity index is 1110. The van der Waals surface area contributed by atoms with Crippen LogP contribution in [0, 0.1) is 0 Å². The van der Waals surface area contributed by atoms with Crippen molar-refractivity contribution in [2.24, 2.45) is 7.05 Å². The van der Waals surface area contributed by atoms with E-state index in [0.717, 1.165) is 24.5 Å². The number of aryl methyl sites for hydroxylation is 1. The number of amides is 1. The summed E-state index contributed by atoms with van der Waals surface area (Å²) in [5.74, 6) is -1.44. The summed E-state index contributed by atoms with van der Waals surface area (Å²) in [6.07, 6.45) is -7.25. The molecule has 1 aromatic carbocycles. The van der Waals surface area contributed by atoms with Gasteiger partial charge in [0, 0.05) is 18.5 Å². The highest BCUT2D eigenvalue weighted by Crippen LogP contribution is 2.28. The molecule has 8 nitrogen and oxygen atoms in total. The maximum atomic E-state index is 12.7. The van der Waals surface area contributed by atoms with E-state index in [1.165, 1.54) is 17.8 Å². The van der Waals surface area contributed by atoms with E-state index in [0.29, 0.717) is 0 Å². The van der Waals surface area contributed by atoms with Gasteiger partial charge in [0.2, 0.25) is 5.88 Å². The quantitative estimate of drug-likeness (QED) is 0.561. The Hall–Kier alpha value is -3.58. The summed E-state index contributed by atoms with van der Waals surface area (Å²) >= 11 is 0. The van der Waals surface area contributed by atoms with Gasteiger partial charge in [-0.2, -0.15) is 18.3 Å². The Morgan fingerprint density at radius 2 is 1.88 bits per heavy atom. The number of rotatable bonds is 6. The third-order valence-corrected chi connectivity index (χ3v) is 4.09. The van der Waals surface area contributed by atoms with E-state index in [1.54, 1.807) is 6.92 Å². The minimum Gasteiger partial charge on any atom is -0.467 e. The molecule has 2 heterocycles. The summed E-state index contributed by atoms with van der Waals surface area (Å²) < 4.78 is 83.4. The van der Waals surface area contributed by atoms with Crippen LogP contribution in [0.25, 0.3) is 10.9 Å². The van der Waals surface area contributed by atoms with Crippen molar-refractivity contribution in [3.05, 3.63) is 42.0 Å². The number of halogens is 6. The highest BCUT2D eigenvalue weighted by Gasteiger charge is 2.31. The zero-order valence-corrected chi connectivity index (χ0v) is 16.5. The number of fused-ring (bicyclic) bond motifs is 1. The van der Waals surface area contributed by atoms with Crippen molar-refractivity contribution >= 4 is 16.8 Å². The molecule has 0 bridgehead atoms. The van der Waals surface area contributed by atoms with Crippen molar-refractivity contribution in [1.82, 2.24) is 25.1 Å². The second kappa shape index (κ2) is 8.51. The van der Waals surface area contributed by atoms with Gasteiger partial charge in [-0.3, -0.25) is 14.5 Å². The average Bonchev–Trinajstić information content (AvgIpc) is 3.01. The highest BCUT2D eigenvalue weighted by molar-refractivity contribution is 6.05. The smallest absolute Gasteiger partial charge is 0.467 e. The van der Waals surface area contributed by atoms with Crippen LogP contribution in [-0.2, 0) is 7.05 Å². The Morgan fingerprint density at radius 3 is 2.47 bits per heavy atom. The largest absolute Gasteiger partial charge is 0.573 e. The number of hydrogen-bond acceptors (Lipinski definition) is 6. The number of hydrogen-bond donors (Lipinski definition) is 1. The van der Waals surface area contributed by atoms with Gasteiger partial charge in [0.15, 0.2) is 12.3 Å². The van der Waals surface area contributed by atoms with E-state index in [9.17, 15) is 31.1 Å². The van der Waals surface area contributed by atoms with Gasteiger partial charge < -0.3 is 14.8 Å². The molecule has 0 saturated carbocycles. The van der Waals surface area contributed by atoms with E-state index < -0.39 is 36.8 Å². The van der Waals surface area contributed by atoms with Gasteiger partial charge in [-0.1, -0.05) is 0 Å². The normalized spacial score (nSPS) is 13.1. The number of carbonyl (C=O) groups is 1. The van der Waals surface area contributed by atoms with Gasteiger partial charge in [-0.15, -0.1) is 13.2 Å². The van der Waals surface area contributed by atoms with E-state index in [-0.39, 0.29) is 28.2 Å². The molecule has 0 aliphatic rings. The molecular weight excluding hydrogens is 448 g/mol. The monoisotopic (exact) mass is 463 g/mol. The van der Waals surface area contributed by atoms with Gasteiger partial charge >= 0.3 is 12.5 Å². The first-order chi connectivity index (χ1) is 14.8. The van der Waals surface area contributed by atoms with Crippen molar-refractivity contribution < 1.29 is 40.6 Å². The lowest BCUT2D eigenvalue weighted by molar-refractivity contribution is -0.274. The molecule has 0 aliphatic carbocycles. The molecule has 2 aromatic heterocycles. The summed E-state index contributed by atoms with van der Waals surface area (Å²) in [5.41, 5.74) is 0.417. The third-order valence-electron chi connectivity index (χ3n) is 4.09. The molecule has 0 radical (unpaired) electrons. The second-order valence-electron chi connectivity index (χ2n) is 6.58. The zero-order chi connectivity index (χ0) is 23.7. The van der Waals surface area contributed by atoms with E-state index in [2.05, 4.69) is 29.9 Å². The van der Waals surface area contributed by atoms with Crippen LogP contribution < -0.4 is 14.8 Å². The number of alkyl halides is 6. The summed E-state index contributed by atoms with van der Waals surface area (Å²) in [7, 11) is 1.45. The molecule has 3 rings (SSSR count). The predicted octanol–water partition coefficient (Wildman–Crippen LogP) is 3.69. The van der Waals surface area contributed by atoms with Crippen LogP contribution in [0.4, 0.5) is 26.3 Å². The Labute approximate surface area is 176 Å². The fraction of sp³-hybridized carbons (Fsp3) is 0.333. The highest BCUT2D eigenvalue weighted by atomic mass is 19.4. The Balaban J connectivity index is 1.72. The number of benzene rings is 1. The number of carbonyl (C=O) groups excluding carboxylic acids is 1. The average molecular weight is 463 g/mol. The lowest BCUT2D eigenvalue weighted by atomic mass is 10.1. The van der Waals surface area contributed by atoms with Gasteiger partial charge in [0.05, 0.1) is 29.6 Å². The zero-order valence-electron chi connectivity index (χ0n) is 16.5. The second-order valence-corrected chi connectivity index (χ2v) is 6.58. The van der Waals surface area contributed by atoms with Crippen molar-refractivity contribution in [2.75, 3.05) is 6.61 Å². The van der Waals surface area contributed by atoms with Crippen LogP contribution in [0.1, 0.15) is 29.1 Å². The molecule has 3 aromatic rings. The topological polar surface area (TPSA) is 91.2 Å². The van der Waals surface area contributed by atoms with Crippen molar-refractivity contribution in [2.45, 2.75) is 25.5 Å². The predicted molar refractivity (Wildman–Crippen MR) is 96.9 cm³/mol. The maximum absolute atomic E-state index is 12.7. The molecule has 0 aliphatic heterocycles. The maximum Gasteiger partial charge on any atom is 0.573 e. The molecular formula is C18H15F6N5O3. The van der Waals surface area contributed by atoms with Crippen LogP contribution >= 0.6 is 0 Å². The molecule has 0 saturated heterocycles. The molecule has 0 unspecified atom stereocenters. The van der Waals surface area contributed by atoms with Gasteiger partial charge in [-0.05, 0) is 19.1 Å². The lowest BCUT2D eigenvalue weighted by Gasteiger charge is -2.13. The summed E-state index contributed by atoms with van der Waals surface area (Å²) in [5, 5.41) is 6.92.